The maximum atomic E-state index is 12.6. The van der Waals surface area contributed by atoms with Crippen LogP contribution in [0.25, 0.3) is 5.65 Å². The van der Waals surface area contributed by atoms with Gasteiger partial charge in [0.05, 0.1) is 19.3 Å². The lowest BCUT2D eigenvalue weighted by molar-refractivity contribution is 0.0935. The molecule has 1 N–H and O–H groups in total. The van der Waals surface area contributed by atoms with E-state index in [2.05, 4.69) is 39.5 Å². The summed E-state index contributed by atoms with van der Waals surface area (Å²) in [6, 6.07) is 14.1. The first-order chi connectivity index (χ1) is 13.1. The van der Waals surface area contributed by atoms with Gasteiger partial charge in [-0.1, -0.05) is 18.2 Å². The highest BCUT2D eigenvalue weighted by Crippen LogP contribution is 2.20. The van der Waals surface area contributed by atoms with Crippen molar-refractivity contribution in [1.82, 2.24) is 14.7 Å². The maximum absolute atomic E-state index is 12.6. The predicted octanol–water partition coefficient (Wildman–Crippen LogP) is 2.97. The average molecular weight is 364 g/mol. The van der Waals surface area contributed by atoms with Gasteiger partial charge in [-0.05, 0) is 43.7 Å². The number of rotatable bonds is 4. The van der Waals surface area contributed by atoms with Gasteiger partial charge in [-0.15, -0.1) is 0 Å². The number of nitrogens with one attached hydrogen (secondary N) is 1. The average Bonchev–Trinajstić information content (AvgIpc) is 3.15. The molecular weight excluding hydrogens is 340 g/mol. The van der Waals surface area contributed by atoms with Crippen molar-refractivity contribution in [3.63, 3.8) is 0 Å². The molecule has 0 radical (unpaired) electrons. The number of carbonyl (C=O) groups is 1. The molecule has 6 nitrogen and oxygen atoms in total. The van der Waals surface area contributed by atoms with Crippen LogP contribution in [0.4, 0.5) is 5.69 Å². The predicted molar refractivity (Wildman–Crippen MR) is 105 cm³/mol. The maximum Gasteiger partial charge on any atom is 0.271 e. The number of benzene rings is 1. The Morgan fingerprint density at radius 1 is 1.15 bits per heavy atom. The van der Waals surface area contributed by atoms with Crippen molar-refractivity contribution in [2.45, 2.75) is 19.9 Å². The number of hydrogen-bond acceptors (Lipinski definition) is 4. The van der Waals surface area contributed by atoms with Crippen molar-refractivity contribution >= 4 is 17.2 Å². The summed E-state index contributed by atoms with van der Waals surface area (Å²) < 4.78 is 7.33. The Hall–Kier alpha value is -2.86. The van der Waals surface area contributed by atoms with Gasteiger partial charge in [0.25, 0.3) is 5.91 Å². The Bertz CT molecular complexity index is 942. The van der Waals surface area contributed by atoms with Gasteiger partial charge in [-0.3, -0.25) is 4.79 Å². The lowest BCUT2D eigenvalue weighted by Crippen LogP contribution is -2.36. The van der Waals surface area contributed by atoms with E-state index in [-0.39, 0.29) is 11.9 Å². The molecule has 1 atom stereocenters. The molecule has 140 valence electrons. The molecule has 6 heteroatoms. The second-order valence-electron chi connectivity index (χ2n) is 6.91. The number of imidazole rings is 1. The monoisotopic (exact) mass is 364 g/mol. The molecule has 0 saturated carbocycles. The van der Waals surface area contributed by atoms with Gasteiger partial charge in [0.2, 0.25) is 0 Å². The van der Waals surface area contributed by atoms with Gasteiger partial charge in [-0.2, -0.15) is 0 Å². The van der Waals surface area contributed by atoms with Crippen molar-refractivity contribution < 1.29 is 9.53 Å². The van der Waals surface area contributed by atoms with Crippen LogP contribution < -0.4 is 10.2 Å². The van der Waals surface area contributed by atoms with Crippen LogP contribution in [-0.4, -0.2) is 41.6 Å². The third-order valence-corrected chi connectivity index (χ3v) is 5.05. The number of amides is 1. The van der Waals surface area contributed by atoms with Crippen LogP contribution >= 0.6 is 0 Å². The van der Waals surface area contributed by atoms with E-state index in [0.717, 1.165) is 43.2 Å². The first-order valence-corrected chi connectivity index (χ1v) is 9.30. The number of carbonyl (C=O) groups excluding carboxylic acids is 1. The zero-order valence-corrected chi connectivity index (χ0v) is 15.7. The van der Waals surface area contributed by atoms with Crippen LogP contribution in [0.5, 0.6) is 0 Å². The van der Waals surface area contributed by atoms with Crippen LogP contribution in [0.1, 0.15) is 34.7 Å². The molecule has 4 rings (SSSR count). The van der Waals surface area contributed by atoms with E-state index >= 15 is 0 Å². The van der Waals surface area contributed by atoms with Crippen molar-refractivity contribution in [2.75, 3.05) is 31.2 Å². The van der Waals surface area contributed by atoms with Gasteiger partial charge in [-0.25, -0.2) is 4.98 Å². The summed E-state index contributed by atoms with van der Waals surface area (Å²) in [6.07, 6.45) is 1.79. The minimum Gasteiger partial charge on any atom is -0.378 e. The fourth-order valence-corrected chi connectivity index (χ4v) is 3.41. The Morgan fingerprint density at radius 2 is 1.89 bits per heavy atom. The molecule has 3 heterocycles. The van der Waals surface area contributed by atoms with Crippen LogP contribution in [0, 0.1) is 6.92 Å². The first-order valence-electron chi connectivity index (χ1n) is 9.30. The van der Waals surface area contributed by atoms with Crippen molar-refractivity contribution in [2.24, 2.45) is 0 Å². The van der Waals surface area contributed by atoms with Crippen molar-refractivity contribution in [3.05, 3.63) is 65.6 Å². The second kappa shape index (κ2) is 7.40. The van der Waals surface area contributed by atoms with E-state index in [9.17, 15) is 4.79 Å². The molecule has 27 heavy (non-hydrogen) atoms. The van der Waals surface area contributed by atoms with Gasteiger partial charge in [0, 0.05) is 30.7 Å². The molecule has 3 aromatic rings. The largest absolute Gasteiger partial charge is 0.378 e. The van der Waals surface area contributed by atoms with E-state index in [4.69, 9.17) is 4.74 Å². The molecule has 0 unspecified atom stereocenters. The summed E-state index contributed by atoms with van der Waals surface area (Å²) in [5.74, 6) is -0.164. The minimum atomic E-state index is -0.164. The van der Waals surface area contributed by atoms with E-state index in [0.29, 0.717) is 5.69 Å². The number of aromatic nitrogens is 2. The zero-order chi connectivity index (χ0) is 18.8. The summed E-state index contributed by atoms with van der Waals surface area (Å²) in [5.41, 5.74) is 4.52. The molecule has 2 aromatic heterocycles. The molecule has 1 saturated heterocycles. The topological polar surface area (TPSA) is 58.9 Å². The molecule has 0 spiro atoms. The third kappa shape index (κ3) is 3.66. The van der Waals surface area contributed by atoms with Crippen LogP contribution in [0.3, 0.4) is 0 Å². The Morgan fingerprint density at radius 3 is 2.59 bits per heavy atom. The third-order valence-electron chi connectivity index (χ3n) is 5.05. The molecule has 1 fully saturated rings. The normalized spacial score (nSPS) is 15.7. The zero-order valence-electron chi connectivity index (χ0n) is 15.7. The molecule has 0 aliphatic carbocycles. The molecule has 1 aliphatic heterocycles. The highest BCUT2D eigenvalue weighted by atomic mass is 16.5. The lowest BCUT2D eigenvalue weighted by atomic mass is 10.1. The van der Waals surface area contributed by atoms with Crippen molar-refractivity contribution in [3.8, 4) is 0 Å². The Balaban J connectivity index is 1.45. The highest BCUT2D eigenvalue weighted by molar-refractivity contribution is 5.93. The molecule has 1 aromatic carbocycles. The van der Waals surface area contributed by atoms with E-state index in [1.807, 2.05) is 36.4 Å². The van der Waals surface area contributed by atoms with Crippen LogP contribution in [-0.2, 0) is 4.74 Å². The quantitative estimate of drug-likeness (QED) is 0.773. The highest BCUT2D eigenvalue weighted by Gasteiger charge is 2.16. The number of ether oxygens (including phenoxy) is 1. The number of hydrogen-bond donors (Lipinski definition) is 1. The summed E-state index contributed by atoms with van der Waals surface area (Å²) in [4.78, 5) is 19.4. The van der Waals surface area contributed by atoms with Crippen LogP contribution in [0.2, 0.25) is 0 Å². The molecule has 1 aliphatic rings. The fraction of sp³-hybridized carbons (Fsp3) is 0.333. The molecule has 1 amide bonds. The minimum absolute atomic E-state index is 0.0952. The first kappa shape index (κ1) is 17.5. The summed E-state index contributed by atoms with van der Waals surface area (Å²) >= 11 is 0. The number of morpholine rings is 1. The van der Waals surface area contributed by atoms with Gasteiger partial charge >= 0.3 is 0 Å². The number of fused-ring (bicyclic) bond motifs is 1. The Kier molecular flexibility index (Phi) is 4.81. The van der Waals surface area contributed by atoms with E-state index in [1.54, 1.807) is 6.20 Å². The van der Waals surface area contributed by atoms with E-state index in [1.165, 1.54) is 5.69 Å². The second-order valence-corrected chi connectivity index (χ2v) is 6.91. The summed E-state index contributed by atoms with van der Waals surface area (Å²) in [5, 5.41) is 3.04. The SMILES string of the molecule is Cc1cccc2nc(C(=O)N[C@H](C)c3ccc(N4CCOCC4)cc3)cn12. The Labute approximate surface area is 158 Å². The van der Waals surface area contributed by atoms with Gasteiger partial charge < -0.3 is 19.4 Å². The summed E-state index contributed by atoms with van der Waals surface area (Å²) in [6.45, 7) is 7.36. The van der Waals surface area contributed by atoms with Gasteiger partial charge in [0.1, 0.15) is 11.3 Å². The fourth-order valence-electron chi connectivity index (χ4n) is 3.41. The number of nitrogens with zero attached hydrogens (tertiary/aromatic N) is 3. The molecule has 0 bridgehead atoms. The summed E-state index contributed by atoms with van der Waals surface area (Å²) in [7, 11) is 0. The van der Waals surface area contributed by atoms with Crippen LogP contribution in [0.15, 0.2) is 48.7 Å². The smallest absolute Gasteiger partial charge is 0.271 e. The lowest BCUT2D eigenvalue weighted by Gasteiger charge is -2.29. The molecular formula is C21H24N4O2. The van der Waals surface area contributed by atoms with Gasteiger partial charge in [0.15, 0.2) is 0 Å². The number of anilines is 1. The number of aryl methyl sites for hydroxylation is 1. The standard InChI is InChI=1S/C21H24N4O2/c1-15-4-3-5-20-23-19(14-25(15)20)21(26)22-16(2)17-6-8-18(9-7-17)24-10-12-27-13-11-24/h3-9,14,16H,10-13H2,1-2H3,(H,22,26)/t16-/m1/s1. The van der Waals surface area contributed by atoms with Crippen molar-refractivity contribution in [1.29, 1.82) is 0 Å². The van der Waals surface area contributed by atoms with E-state index < -0.39 is 0 Å². The number of pyridine rings is 1.